The van der Waals surface area contributed by atoms with Crippen molar-refractivity contribution in [3.8, 4) is 5.75 Å². The van der Waals surface area contributed by atoms with Crippen molar-refractivity contribution < 1.29 is 27.5 Å². The van der Waals surface area contributed by atoms with Gasteiger partial charge in [0.25, 0.3) is 5.91 Å². The van der Waals surface area contributed by atoms with Crippen molar-refractivity contribution in [2.75, 3.05) is 29.1 Å². The van der Waals surface area contributed by atoms with Crippen LogP contribution in [0.1, 0.15) is 29.8 Å². The lowest BCUT2D eigenvalue weighted by Gasteiger charge is -2.29. The van der Waals surface area contributed by atoms with Gasteiger partial charge in [-0.25, -0.2) is 8.42 Å². The lowest BCUT2D eigenvalue weighted by atomic mass is 10.1. The molecule has 9 heteroatoms. The lowest BCUT2D eigenvalue weighted by Crippen LogP contribution is -2.39. The lowest BCUT2D eigenvalue weighted by molar-refractivity contribution is -0.121. The molecule has 0 bridgehead atoms. The summed E-state index contributed by atoms with van der Waals surface area (Å²) in [6, 6.07) is 11.5. The normalized spacial score (nSPS) is 14.1. The number of Topliss-reactive ketones (excluding diaryl/α,β-unsaturated/α-hetero) is 1. The molecule has 3 rings (SSSR count). The first-order chi connectivity index (χ1) is 15.7. The molecule has 0 aromatic heterocycles. The summed E-state index contributed by atoms with van der Waals surface area (Å²) >= 11 is 0. The number of hydrogen-bond acceptors (Lipinski definition) is 6. The highest BCUT2D eigenvalue weighted by Gasteiger charge is 2.32. The zero-order chi connectivity index (χ0) is 24.2. The van der Waals surface area contributed by atoms with Gasteiger partial charge in [0.2, 0.25) is 5.91 Å². The summed E-state index contributed by atoms with van der Waals surface area (Å²) in [5.41, 5.74) is 2.04. The van der Waals surface area contributed by atoms with Crippen LogP contribution >= 0.6 is 0 Å². The first-order valence-corrected chi connectivity index (χ1v) is 12.2. The number of rotatable bonds is 9. The van der Waals surface area contributed by atoms with Gasteiger partial charge in [0.1, 0.15) is 16.8 Å². The van der Waals surface area contributed by atoms with Crippen molar-refractivity contribution in [2.45, 2.75) is 25.5 Å². The average molecular weight is 471 g/mol. The van der Waals surface area contributed by atoms with E-state index in [1.54, 1.807) is 18.2 Å². The maximum Gasteiger partial charge on any atom is 0.265 e. The van der Waals surface area contributed by atoms with Crippen LogP contribution in [-0.2, 0) is 25.8 Å². The summed E-state index contributed by atoms with van der Waals surface area (Å²) in [6.07, 6.45) is 2.39. The van der Waals surface area contributed by atoms with E-state index in [1.807, 2.05) is 19.1 Å². The first kappa shape index (κ1) is 24.2. The molecule has 0 saturated heterocycles. The number of nitrogens with zero attached hydrogens (tertiary/aromatic N) is 1. The Labute approximate surface area is 193 Å². The summed E-state index contributed by atoms with van der Waals surface area (Å²) in [5.74, 6) is -2.10. The number of amides is 2. The van der Waals surface area contributed by atoms with Gasteiger partial charge in [-0.15, -0.1) is 6.58 Å². The van der Waals surface area contributed by atoms with Crippen molar-refractivity contribution in [3.63, 3.8) is 0 Å². The van der Waals surface area contributed by atoms with E-state index in [-0.39, 0.29) is 24.6 Å². The van der Waals surface area contributed by atoms with Gasteiger partial charge in [-0.05, 0) is 49.2 Å². The van der Waals surface area contributed by atoms with Crippen LogP contribution < -0.4 is 15.0 Å². The molecular weight excluding hydrogens is 444 g/mol. The molecule has 174 valence electrons. The SMILES string of the molecule is C=CCN1C(=O)COc2ccc(C(=O)C(C)S(=O)(=O)CC(=O)Nc3ccc(CC)cc3)cc21. The van der Waals surface area contributed by atoms with E-state index in [1.165, 1.54) is 30.0 Å². The van der Waals surface area contributed by atoms with Gasteiger partial charge >= 0.3 is 0 Å². The number of nitrogens with one attached hydrogen (secondary N) is 1. The van der Waals surface area contributed by atoms with Crippen LogP contribution in [0.3, 0.4) is 0 Å². The molecule has 2 aromatic carbocycles. The predicted octanol–water partition coefficient (Wildman–Crippen LogP) is 2.79. The highest BCUT2D eigenvalue weighted by molar-refractivity contribution is 7.93. The summed E-state index contributed by atoms with van der Waals surface area (Å²) in [4.78, 5) is 38.8. The Morgan fingerprint density at radius 3 is 2.55 bits per heavy atom. The summed E-state index contributed by atoms with van der Waals surface area (Å²) < 4.78 is 30.9. The van der Waals surface area contributed by atoms with E-state index in [4.69, 9.17) is 4.74 Å². The van der Waals surface area contributed by atoms with Crippen LogP contribution in [0.25, 0.3) is 0 Å². The first-order valence-electron chi connectivity index (χ1n) is 10.5. The monoisotopic (exact) mass is 470 g/mol. The second kappa shape index (κ2) is 9.99. The van der Waals surface area contributed by atoms with Crippen molar-refractivity contribution in [3.05, 3.63) is 66.2 Å². The smallest absolute Gasteiger partial charge is 0.265 e. The fourth-order valence-corrected chi connectivity index (χ4v) is 4.56. The minimum absolute atomic E-state index is 0.104. The van der Waals surface area contributed by atoms with Crippen molar-refractivity contribution in [1.82, 2.24) is 0 Å². The topological polar surface area (TPSA) is 110 Å². The second-order valence-electron chi connectivity index (χ2n) is 7.68. The summed E-state index contributed by atoms with van der Waals surface area (Å²) in [6.45, 7) is 6.98. The molecule has 0 aliphatic carbocycles. The maximum atomic E-state index is 13.0. The third kappa shape index (κ3) is 5.48. The molecule has 33 heavy (non-hydrogen) atoms. The molecule has 1 unspecified atom stereocenters. The van der Waals surface area contributed by atoms with Crippen LogP contribution in [-0.4, -0.2) is 50.2 Å². The number of carbonyl (C=O) groups excluding carboxylic acids is 3. The van der Waals surface area contributed by atoms with Gasteiger partial charge in [-0.1, -0.05) is 25.1 Å². The molecule has 8 nitrogen and oxygen atoms in total. The average Bonchev–Trinajstić information content (AvgIpc) is 2.79. The zero-order valence-corrected chi connectivity index (χ0v) is 19.4. The highest BCUT2D eigenvalue weighted by Crippen LogP contribution is 2.33. The number of sulfone groups is 1. The largest absolute Gasteiger partial charge is 0.482 e. The van der Waals surface area contributed by atoms with Gasteiger partial charge in [-0.3, -0.25) is 14.4 Å². The van der Waals surface area contributed by atoms with E-state index in [2.05, 4.69) is 11.9 Å². The van der Waals surface area contributed by atoms with E-state index in [9.17, 15) is 22.8 Å². The van der Waals surface area contributed by atoms with Gasteiger partial charge in [-0.2, -0.15) is 0 Å². The number of carbonyl (C=O) groups is 3. The quantitative estimate of drug-likeness (QED) is 0.446. The van der Waals surface area contributed by atoms with Crippen LogP contribution in [0.15, 0.2) is 55.1 Å². The zero-order valence-electron chi connectivity index (χ0n) is 18.5. The molecule has 1 aliphatic heterocycles. The third-order valence-corrected chi connectivity index (χ3v) is 7.34. The van der Waals surface area contributed by atoms with Gasteiger partial charge in [0.05, 0.1) is 5.69 Å². The Morgan fingerprint density at radius 1 is 1.21 bits per heavy atom. The number of anilines is 2. The molecular formula is C24H26N2O6S. The molecule has 0 fully saturated rings. The van der Waals surface area contributed by atoms with E-state index < -0.39 is 32.5 Å². The van der Waals surface area contributed by atoms with Gasteiger partial charge in [0, 0.05) is 17.8 Å². The van der Waals surface area contributed by atoms with Crippen LogP contribution in [0.2, 0.25) is 0 Å². The minimum atomic E-state index is -4.09. The Bertz CT molecular complexity index is 1190. The number of hydrogen-bond donors (Lipinski definition) is 1. The van der Waals surface area contributed by atoms with Crippen molar-refractivity contribution in [2.24, 2.45) is 0 Å². The van der Waals surface area contributed by atoms with Crippen molar-refractivity contribution in [1.29, 1.82) is 0 Å². The fraction of sp³-hybridized carbons (Fsp3) is 0.292. The number of ketones is 1. The fourth-order valence-electron chi connectivity index (χ4n) is 3.41. The predicted molar refractivity (Wildman–Crippen MR) is 127 cm³/mol. The minimum Gasteiger partial charge on any atom is -0.482 e. The molecule has 1 aliphatic rings. The maximum absolute atomic E-state index is 13.0. The van der Waals surface area contributed by atoms with E-state index >= 15 is 0 Å². The Morgan fingerprint density at radius 2 is 1.91 bits per heavy atom. The number of aryl methyl sites for hydroxylation is 1. The molecule has 2 aromatic rings. The molecule has 0 saturated carbocycles. The second-order valence-corrected chi connectivity index (χ2v) is 10.00. The summed E-state index contributed by atoms with van der Waals surface area (Å²) in [5, 5.41) is 1.10. The Balaban J connectivity index is 1.74. The van der Waals surface area contributed by atoms with Crippen LogP contribution in [0.5, 0.6) is 5.75 Å². The van der Waals surface area contributed by atoms with Crippen LogP contribution in [0, 0.1) is 0 Å². The number of fused-ring (bicyclic) bond motifs is 1. The standard InChI is InChI=1S/C24H26N2O6S/c1-4-12-26-20-13-18(8-11-21(20)32-14-23(26)28)24(29)16(3)33(30,31)15-22(27)25-19-9-6-17(5-2)7-10-19/h4,6-11,13,16H,1,5,12,14-15H2,2-3H3,(H,25,27). The van der Waals surface area contributed by atoms with Crippen LogP contribution in [0.4, 0.5) is 11.4 Å². The van der Waals surface area contributed by atoms with Gasteiger partial charge < -0.3 is 15.0 Å². The molecule has 0 spiro atoms. The summed E-state index contributed by atoms with van der Waals surface area (Å²) in [7, 11) is -4.09. The van der Waals surface area contributed by atoms with E-state index in [0.717, 1.165) is 12.0 Å². The number of ether oxygens (including phenoxy) is 1. The molecule has 1 N–H and O–H groups in total. The Kier molecular flexibility index (Phi) is 7.33. The molecule has 0 radical (unpaired) electrons. The number of benzene rings is 2. The molecule has 2 amide bonds. The van der Waals surface area contributed by atoms with Gasteiger partial charge in [0.15, 0.2) is 22.2 Å². The molecule has 1 atom stereocenters. The highest BCUT2D eigenvalue weighted by atomic mass is 32.2. The van der Waals surface area contributed by atoms with Crippen molar-refractivity contribution >= 4 is 38.8 Å². The third-order valence-electron chi connectivity index (χ3n) is 5.38. The van der Waals surface area contributed by atoms with E-state index in [0.29, 0.717) is 17.1 Å². The molecule has 1 heterocycles. The Hall–Kier alpha value is -3.46.